The molecule has 1 aromatic carbocycles. The minimum atomic E-state index is -5.08. The standard InChI is InChI=1S/C19H14ClN9OS.C2HF3O2/c1-29-14(5-7-23-29)18(30)25-15-8-10(4-6-21-15)17-26-19(31-28-17)24-13-3-2-12-11(16(13)20)9-22-27-12;3-2(4,5)1(6)7/h2-9H,1H3,(H,22,27)(H,21,25,30)(H,24,26,28);(H,6,7). The number of aryl methyl sites for hydroxylation is 1. The summed E-state index contributed by atoms with van der Waals surface area (Å²) < 4.78 is 37.6. The minimum Gasteiger partial charge on any atom is -0.475 e. The maximum atomic E-state index is 12.4. The van der Waals surface area contributed by atoms with Crippen LogP contribution in [-0.2, 0) is 11.8 Å². The van der Waals surface area contributed by atoms with Crippen molar-refractivity contribution in [3.05, 3.63) is 59.6 Å². The van der Waals surface area contributed by atoms with Crippen molar-refractivity contribution >= 4 is 62.5 Å². The number of hydrogen-bond donors (Lipinski definition) is 4. The van der Waals surface area contributed by atoms with Gasteiger partial charge in [-0.1, -0.05) is 11.6 Å². The van der Waals surface area contributed by atoms with Crippen LogP contribution < -0.4 is 10.6 Å². The molecule has 0 unspecified atom stereocenters. The first-order valence-corrected chi connectivity index (χ1v) is 11.5. The molecule has 12 nitrogen and oxygen atoms in total. The smallest absolute Gasteiger partial charge is 0.475 e. The number of nitrogens with one attached hydrogen (secondary N) is 3. The Morgan fingerprint density at radius 3 is 2.63 bits per heavy atom. The Kier molecular flexibility index (Phi) is 7.54. The second kappa shape index (κ2) is 10.8. The van der Waals surface area contributed by atoms with Gasteiger partial charge in [-0.3, -0.25) is 14.6 Å². The van der Waals surface area contributed by atoms with Crippen molar-refractivity contribution in [3.8, 4) is 11.4 Å². The fourth-order valence-corrected chi connectivity index (χ4v) is 3.86. The van der Waals surface area contributed by atoms with Crippen molar-refractivity contribution in [2.45, 2.75) is 6.18 Å². The largest absolute Gasteiger partial charge is 0.490 e. The number of anilines is 3. The van der Waals surface area contributed by atoms with E-state index in [1.807, 2.05) is 12.1 Å². The van der Waals surface area contributed by atoms with Gasteiger partial charge in [0, 0.05) is 41.9 Å². The lowest BCUT2D eigenvalue weighted by molar-refractivity contribution is -0.192. The summed E-state index contributed by atoms with van der Waals surface area (Å²) in [7, 11) is 1.70. The number of hydrogen-bond acceptors (Lipinski definition) is 9. The number of benzene rings is 1. The zero-order chi connectivity index (χ0) is 27.4. The van der Waals surface area contributed by atoms with Gasteiger partial charge in [-0.25, -0.2) is 9.78 Å². The van der Waals surface area contributed by atoms with E-state index < -0.39 is 12.1 Å². The van der Waals surface area contributed by atoms with Crippen LogP contribution in [0.25, 0.3) is 22.3 Å². The van der Waals surface area contributed by atoms with Gasteiger partial charge in [0.05, 0.1) is 22.4 Å². The van der Waals surface area contributed by atoms with Crippen molar-refractivity contribution in [1.29, 1.82) is 0 Å². The van der Waals surface area contributed by atoms with Gasteiger partial charge in [-0.05, 0) is 30.3 Å². The van der Waals surface area contributed by atoms with Gasteiger partial charge in [0.25, 0.3) is 5.91 Å². The van der Waals surface area contributed by atoms with E-state index in [1.54, 1.807) is 43.8 Å². The molecule has 0 saturated carbocycles. The Labute approximate surface area is 219 Å². The summed E-state index contributed by atoms with van der Waals surface area (Å²) in [6.07, 6.45) is -0.262. The Hall–Kier alpha value is -4.57. The predicted molar refractivity (Wildman–Crippen MR) is 132 cm³/mol. The lowest BCUT2D eigenvalue weighted by Gasteiger charge is -2.06. The number of rotatable bonds is 5. The Balaban J connectivity index is 0.000000426. The molecule has 17 heteroatoms. The first kappa shape index (κ1) is 26.5. The number of carboxylic acid groups (broad SMARTS) is 1. The van der Waals surface area contributed by atoms with Crippen LogP contribution in [0.3, 0.4) is 0 Å². The number of halogens is 4. The number of carboxylic acids is 1. The topological polar surface area (TPSA) is 164 Å². The van der Waals surface area contributed by atoms with Crippen LogP contribution in [0.5, 0.6) is 0 Å². The fraction of sp³-hybridized carbons (Fsp3) is 0.0952. The molecule has 0 atom stereocenters. The SMILES string of the molecule is Cn1nccc1C(=O)Nc1cc(-c2nsc(Nc3ccc4[nH]ncc4c3Cl)n2)ccn1.O=C(O)C(F)(F)F. The molecule has 0 saturated heterocycles. The summed E-state index contributed by atoms with van der Waals surface area (Å²) in [5.41, 5.74) is 2.70. The summed E-state index contributed by atoms with van der Waals surface area (Å²) in [4.78, 5) is 30.0. The van der Waals surface area contributed by atoms with E-state index in [0.717, 1.165) is 16.5 Å². The molecule has 5 rings (SSSR count). The van der Waals surface area contributed by atoms with Crippen LogP contribution in [0.15, 0.2) is 48.9 Å². The third-order valence-electron chi connectivity index (χ3n) is 4.78. The van der Waals surface area contributed by atoms with Crippen LogP contribution in [0, 0.1) is 0 Å². The van der Waals surface area contributed by atoms with E-state index in [0.29, 0.717) is 33.2 Å². The lowest BCUT2D eigenvalue weighted by atomic mass is 10.2. The van der Waals surface area contributed by atoms with Crippen LogP contribution in [0.2, 0.25) is 5.02 Å². The minimum absolute atomic E-state index is 0.303. The van der Waals surface area contributed by atoms with E-state index in [4.69, 9.17) is 21.5 Å². The number of amides is 1. The van der Waals surface area contributed by atoms with Crippen LogP contribution in [0.1, 0.15) is 10.5 Å². The first-order chi connectivity index (χ1) is 18.0. The van der Waals surface area contributed by atoms with Crippen molar-refractivity contribution in [3.63, 3.8) is 0 Å². The molecule has 0 spiro atoms. The summed E-state index contributed by atoms with van der Waals surface area (Å²) in [6, 6.07) is 8.85. The van der Waals surface area contributed by atoms with E-state index in [2.05, 4.69) is 40.3 Å². The molecule has 4 N–H and O–H groups in total. The second-order valence-corrected chi connectivity index (χ2v) is 8.46. The van der Waals surface area contributed by atoms with Crippen LogP contribution in [0.4, 0.5) is 29.8 Å². The molecule has 0 aliphatic heterocycles. The molecular weight excluding hydrogens is 551 g/mol. The van der Waals surface area contributed by atoms with Crippen molar-refractivity contribution in [2.75, 3.05) is 10.6 Å². The molecule has 0 aliphatic rings. The molecule has 4 heterocycles. The number of alkyl halides is 3. The molecule has 5 aromatic rings. The number of fused-ring (bicyclic) bond motifs is 1. The Morgan fingerprint density at radius 1 is 1.18 bits per heavy atom. The molecule has 0 aliphatic carbocycles. The molecule has 0 bridgehead atoms. The molecule has 0 fully saturated rings. The van der Waals surface area contributed by atoms with Gasteiger partial charge in [0.1, 0.15) is 11.5 Å². The first-order valence-electron chi connectivity index (χ1n) is 10.3. The van der Waals surface area contributed by atoms with Crippen molar-refractivity contribution < 1.29 is 27.9 Å². The van der Waals surface area contributed by atoms with E-state index in [9.17, 15) is 18.0 Å². The van der Waals surface area contributed by atoms with E-state index >= 15 is 0 Å². The fourth-order valence-electron chi connectivity index (χ4n) is 3.00. The number of aromatic nitrogens is 7. The maximum absolute atomic E-state index is 12.4. The highest BCUT2D eigenvalue weighted by molar-refractivity contribution is 7.10. The maximum Gasteiger partial charge on any atom is 0.490 e. The van der Waals surface area contributed by atoms with Crippen molar-refractivity contribution in [1.82, 2.24) is 34.3 Å². The van der Waals surface area contributed by atoms with E-state index in [1.165, 1.54) is 16.2 Å². The second-order valence-electron chi connectivity index (χ2n) is 7.33. The highest BCUT2D eigenvalue weighted by atomic mass is 35.5. The Bertz CT molecular complexity index is 1620. The van der Waals surface area contributed by atoms with Gasteiger partial charge >= 0.3 is 12.1 Å². The number of pyridine rings is 1. The molecule has 1 amide bonds. The van der Waals surface area contributed by atoms with Gasteiger partial charge in [0.2, 0.25) is 5.13 Å². The number of aromatic amines is 1. The summed E-state index contributed by atoms with van der Waals surface area (Å²) in [5, 5.41) is 25.9. The highest BCUT2D eigenvalue weighted by Gasteiger charge is 2.38. The summed E-state index contributed by atoms with van der Waals surface area (Å²) in [5.74, 6) is -2.16. The monoisotopic (exact) mass is 565 g/mol. The van der Waals surface area contributed by atoms with Gasteiger partial charge in [-0.15, -0.1) is 0 Å². The predicted octanol–water partition coefficient (Wildman–Crippen LogP) is 4.49. The third-order valence-corrected chi connectivity index (χ3v) is 5.82. The van der Waals surface area contributed by atoms with Crippen molar-refractivity contribution in [2.24, 2.45) is 7.05 Å². The molecule has 0 radical (unpaired) electrons. The normalized spacial score (nSPS) is 11.1. The van der Waals surface area contributed by atoms with E-state index in [-0.39, 0.29) is 5.91 Å². The number of nitrogens with zero attached hydrogens (tertiary/aromatic N) is 6. The third kappa shape index (κ3) is 6.04. The number of aliphatic carboxylic acids is 1. The molecule has 196 valence electrons. The number of carbonyl (C=O) groups excluding carboxylic acids is 1. The van der Waals surface area contributed by atoms with Gasteiger partial charge in [0.15, 0.2) is 5.82 Å². The lowest BCUT2D eigenvalue weighted by Crippen LogP contribution is -2.21. The molecule has 4 aromatic heterocycles. The van der Waals surface area contributed by atoms with Crippen LogP contribution >= 0.6 is 23.1 Å². The average molecular weight is 566 g/mol. The highest BCUT2D eigenvalue weighted by Crippen LogP contribution is 2.33. The quantitative estimate of drug-likeness (QED) is 0.240. The van der Waals surface area contributed by atoms with Gasteiger partial charge < -0.3 is 15.7 Å². The summed E-state index contributed by atoms with van der Waals surface area (Å²) >= 11 is 7.66. The number of H-pyrrole nitrogens is 1. The zero-order valence-electron chi connectivity index (χ0n) is 19.0. The van der Waals surface area contributed by atoms with Crippen LogP contribution in [-0.4, -0.2) is 57.5 Å². The number of carbonyl (C=O) groups is 2. The summed E-state index contributed by atoms with van der Waals surface area (Å²) in [6.45, 7) is 0. The molecular formula is C21H15ClF3N9O3S. The average Bonchev–Trinajstić information content (AvgIpc) is 3.62. The zero-order valence-corrected chi connectivity index (χ0v) is 20.6. The van der Waals surface area contributed by atoms with Gasteiger partial charge in [-0.2, -0.15) is 32.7 Å². The molecule has 38 heavy (non-hydrogen) atoms. The Morgan fingerprint density at radius 2 is 1.95 bits per heavy atom.